The lowest BCUT2D eigenvalue weighted by Crippen LogP contribution is -2.18. The second-order valence-electron chi connectivity index (χ2n) is 7.34. The standard InChI is InChI=1S/C24H17BrF2N4/c1-13-12-28-22-17(10-14(26)11-19(22)27)21(13)30-24-16-7-3-5-9-20(16)29-23(31-24)15-6-2-4-8-18(15)25/h2-11,28H,12H2,1H3,(H,29,30,31). The summed E-state index contributed by atoms with van der Waals surface area (Å²) in [6, 6.07) is 17.6. The van der Waals surface area contributed by atoms with E-state index < -0.39 is 11.6 Å². The Morgan fingerprint density at radius 3 is 2.58 bits per heavy atom. The Bertz CT molecular complexity index is 1370. The quantitative estimate of drug-likeness (QED) is 0.348. The van der Waals surface area contributed by atoms with E-state index in [1.54, 1.807) is 0 Å². The highest BCUT2D eigenvalue weighted by Crippen LogP contribution is 2.36. The molecule has 31 heavy (non-hydrogen) atoms. The van der Waals surface area contributed by atoms with E-state index in [1.165, 1.54) is 6.07 Å². The maximum Gasteiger partial charge on any atom is 0.163 e. The van der Waals surface area contributed by atoms with Gasteiger partial charge in [0.05, 0.1) is 11.2 Å². The lowest BCUT2D eigenvalue weighted by Gasteiger charge is -2.25. The summed E-state index contributed by atoms with van der Waals surface area (Å²) in [7, 11) is 0. The third kappa shape index (κ3) is 3.55. The summed E-state index contributed by atoms with van der Waals surface area (Å²) in [4.78, 5) is 9.51. The fourth-order valence-corrected chi connectivity index (χ4v) is 4.18. The van der Waals surface area contributed by atoms with Gasteiger partial charge in [0, 0.05) is 39.3 Å². The molecule has 0 atom stereocenters. The number of para-hydroxylation sites is 1. The summed E-state index contributed by atoms with van der Waals surface area (Å²) in [5.41, 5.74) is 3.88. The highest BCUT2D eigenvalue weighted by Gasteiger charge is 2.22. The fourth-order valence-electron chi connectivity index (χ4n) is 3.72. The molecule has 5 rings (SSSR count). The number of rotatable bonds is 3. The fraction of sp³-hybridized carbons (Fsp3) is 0.0833. The van der Waals surface area contributed by atoms with E-state index in [-0.39, 0.29) is 5.69 Å². The first-order valence-corrected chi connectivity index (χ1v) is 10.5. The SMILES string of the molecule is CC1=C(Nc2nc(-c3ccccc3Br)nc3ccccc23)c2cc(F)cc(F)c2NC1. The van der Waals surface area contributed by atoms with Gasteiger partial charge in [0.15, 0.2) is 5.82 Å². The smallest absolute Gasteiger partial charge is 0.163 e. The van der Waals surface area contributed by atoms with E-state index in [4.69, 9.17) is 9.97 Å². The van der Waals surface area contributed by atoms with Crippen molar-refractivity contribution in [1.29, 1.82) is 0 Å². The average Bonchev–Trinajstić information content (AvgIpc) is 2.76. The second-order valence-corrected chi connectivity index (χ2v) is 8.19. The summed E-state index contributed by atoms with van der Waals surface area (Å²) in [6.07, 6.45) is 0. The number of hydrogen-bond donors (Lipinski definition) is 2. The monoisotopic (exact) mass is 478 g/mol. The predicted molar refractivity (Wildman–Crippen MR) is 124 cm³/mol. The minimum atomic E-state index is -0.631. The van der Waals surface area contributed by atoms with Crippen LogP contribution >= 0.6 is 15.9 Å². The maximum absolute atomic E-state index is 14.4. The first-order chi connectivity index (χ1) is 15.0. The van der Waals surface area contributed by atoms with E-state index in [0.717, 1.165) is 32.6 Å². The number of benzene rings is 3. The van der Waals surface area contributed by atoms with Crippen LogP contribution in [0, 0.1) is 11.6 Å². The normalized spacial score (nSPS) is 13.2. The molecular weight excluding hydrogens is 462 g/mol. The van der Waals surface area contributed by atoms with Crippen molar-refractivity contribution in [2.45, 2.75) is 6.92 Å². The Kier molecular flexibility index (Phi) is 4.90. The van der Waals surface area contributed by atoms with E-state index >= 15 is 0 Å². The van der Waals surface area contributed by atoms with Gasteiger partial charge >= 0.3 is 0 Å². The van der Waals surface area contributed by atoms with Gasteiger partial charge in [-0.3, -0.25) is 0 Å². The van der Waals surface area contributed by atoms with Crippen molar-refractivity contribution in [2.75, 3.05) is 17.2 Å². The third-order valence-corrected chi connectivity index (χ3v) is 5.93. The molecule has 154 valence electrons. The van der Waals surface area contributed by atoms with Crippen molar-refractivity contribution >= 4 is 44.0 Å². The molecule has 1 aliphatic rings. The van der Waals surface area contributed by atoms with Crippen LogP contribution in [0.15, 0.2) is 70.7 Å². The molecule has 1 aromatic heterocycles. The van der Waals surface area contributed by atoms with Crippen LogP contribution in [0.25, 0.3) is 28.0 Å². The van der Waals surface area contributed by atoms with Gasteiger partial charge in [0.25, 0.3) is 0 Å². The number of halogens is 3. The molecule has 4 aromatic rings. The predicted octanol–water partition coefficient (Wildman–Crippen LogP) is 6.61. The minimum absolute atomic E-state index is 0.277. The lowest BCUT2D eigenvalue weighted by molar-refractivity contribution is 0.584. The van der Waals surface area contributed by atoms with Gasteiger partial charge in [-0.1, -0.05) is 46.3 Å². The highest BCUT2D eigenvalue weighted by molar-refractivity contribution is 9.10. The van der Waals surface area contributed by atoms with Crippen LogP contribution in [0.1, 0.15) is 12.5 Å². The van der Waals surface area contributed by atoms with Crippen LogP contribution in [0.4, 0.5) is 20.3 Å². The Morgan fingerprint density at radius 2 is 1.74 bits per heavy atom. The van der Waals surface area contributed by atoms with Crippen LogP contribution in [-0.2, 0) is 0 Å². The molecule has 4 nitrogen and oxygen atoms in total. The number of aromatic nitrogens is 2. The highest BCUT2D eigenvalue weighted by atomic mass is 79.9. The molecule has 2 heterocycles. The average molecular weight is 479 g/mol. The van der Waals surface area contributed by atoms with Crippen molar-refractivity contribution in [3.05, 3.63) is 87.9 Å². The maximum atomic E-state index is 14.4. The van der Waals surface area contributed by atoms with Crippen molar-refractivity contribution < 1.29 is 8.78 Å². The van der Waals surface area contributed by atoms with Crippen molar-refractivity contribution in [3.8, 4) is 11.4 Å². The van der Waals surface area contributed by atoms with Gasteiger partial charge in [0.2, 0.25) is 0 Å². The minimum Gasteiger partial charge on any atom is -0.378 e. The van der Waals surface area contributed by atoms with Crippen molar-refractivity contribution in [2.24, 2.45) is 0 Å². The van der Waals surface area contributed by atoms with Gasteiger partial charge in [-0.15, -0.1) is 0 Å². The number of fused-ring (bicyclic) bond motifs is 2. The van der Waals surface area contributed by atoms with Crippen LogP contribution in [0.2, 0.25) is 0 Å². The molecular formula is C24H17BrF2N4. The Balaban J connectivity index is 1.69. The number of anilines is 2. The summed E-state index contributed by atoms with van der Waals surface area (Å²) < 4.78 is 29.3. The number of hydrogen-bond acceptors (Lipinski definition) is 4. The molecule has 0 unspecified atom stereocenters. The third-order valence-electron chi connectivity index (χ3n) is 5.24. The van der Waals surface area contributed by atoms with Crippen molar-refractivity contribution in [1.82, 2.24) is 9.97 Å². The molecule has 0 saturated carbocycles. The molecule has 2 N–H and O–H groups in total. The molecule has 0 bridgehead atoms. The summed E-state index contributed by atoms with van der Waals surface area (Å²) >= 11 is 3.57. The Morgan fingerprint density at radius 1 is 0.968 bits per heavy atom. The number of nitrogens with zero attached hydrogens (tertiary/aromatic N) is 2. The van der Waals surface area contributed by atoms with E-state index in [1.807, 2.05) is 55.5 Å². The van der Waals surface area contributed by atoms with Crippen LogP contribution in [0.5, 0.6) is 0 Å². The zero-order valence-electron chi connectivity index (χ0n) is 16.5. The Labute approximate surface area is 186 Å². The van der Waals surface area contributed by atoms with Gasteiger partial charge in [-0.05, 0) is 36.8 Å². The second kappa shape index (κ2) is 7.74. The molecule has 3 aromatic carbocycles. The lowest BCUT2D eigenvalue weighted by atomic mass is 10.00. The van der Waals surface area contributed by atoms with E-state index in [2.05, 4.69) is 26.6 Å². The molecule has 0 amide bonds. The molecule has 0 spiro atoms. The van der Waals surface area contributed by atoms with Crippen LogP contribution in [0.3, 0.4) is 0 Å². The first kappa shape index (κ1) is 19.6. The van der Waals surface area contributed by atoms with Gasteiger partial charge in [-0.2, -0.15) is 0 Å². The van der Waals surface area contributed by atoms with Crippen molar-refractivity contribution in [3.63, 3.8) is 0 Å². The summed E-state index contributed by atoms with van der Waals surface area (Å²) in [6.45, 7) is 2.36. The van der Waals surface area contributed by atoms with Gasteiger partial charge < -0.3 is 10.6 Å². The van der Waals surface area contributed by atoms with Crippen LogP contribution in [-0.4, -0.2) is 16.5 Å². The summed E-state index contributed by atoms with van der Waals surface area (Å²) in [5.74, 6) is -0.133. The molecule has 0 radical (unpaired) electrons. The number of nitrogens with one attached hydrogen (secondary N) is 2. The Hall–Kier alpha value is -3.32. The van der Waals surface area contributed by atoms with Crippen LogP contribution < -0.4 is 10.6 Å². The molecule has 0 fully saturated rings. The molecule has 0 saturated heterocycles. The summed E-state index contributed by atoms with van der Waals surface area (Å²) in [5, 5.41) is 7.20. The molecule has 0 aliphatic carbocycles. The van der Waals surface area contributed by atoms with E-state index in [0.29, 0.717) is 29.4 Å². The first-order valence-electron chi connectivity index (χ1n) is 9.73. The van der Waals surface area contributed by atoms with E-state index in [9.17, 15) is 8.78 Å². The van der Waals surface area contributed by atoms with Gasteiger partial charge in [0.1, 0.15) is 17.5 Å². The topological polar surface area (TPSA) is 49.8 Å². The molecule has 7 heteroatoms. The largest absolute Gasteiger partial charge is 0.378 e. The van der Waals surface area contributed by atoms with Gasteiger partial charge in [-0.25, -0.2) is 18.7 Å². The molecule has 1 aliphatic heterocycles. The zero-order valence-corrected chi connectivity index (χ0v) is 18.1. The zero-order chi connectivity index (χ0) is 21.5.